The van der Waals surface area contributed by atoms with Crippen LogP contribution < -0.4 is 15.4 Å². The van der Waals surface area contributed by atoms with E-state index in [0.29, 0.717) is 17.7 Å². The average molecular weight is 454 g/mol. The lowest BCUT2D eigenvalue weighted by atomic mass is 10.2. The molecule has 0 saturated carbocycles. The molecule has 1 aromatic carbocycles. The van der Waals surface area contributed by atoms with Gasteiger partial charge in [0, 0.05) is 25.2 Å². The van der Waals surface area contributed by atoms with Gasteiger partial charge in [-0.15, -0.1) is 24.0 Å². The van der Waals surface area contributed by atoms with Crippen LogP contribution in [0.15, 0.2) is 29.3 Å². The zero-order valence-corrected chi connectivity index (χ0v) is 16.6. The van der Waals surface area contributed by atoms with Crippen molar-refractivity contribution < 1.29 is 9.47 Å². The Hall–Kier alpha value is -0.730. The van der Waals surface area contributed by atoms with E-state index >= 15 is 0 Å². The highest BCUT2D eigenvalue weighted by molar-refractivity contribution is 14.0. The maximum absolute atomic E-state index is 5.86. The number of ether oxygens (including phenoxy) is 2. The quantitative estimate of drug-likeness (QED) is 0.395. The van der Waals surface area contributed by atoms with Crippen molar-refractivity contribution in [1.82, 2.24) is 10.6 Å². The van der Waals surface area contributed by atoms with Gasteiger partial charge in [0.1, 0.15) is 11.9 Å². The predicted octanol–water partition coefficient (Wildman–Crippen LogP) is 3.07. The number of nitrogens with zero attached hydrogens (tertiary/aromatic N) is 1. The van der Waals surface area contributed by atoms with Crippen LogP contribution in [0.25, 0.3) is 0 Å². The minimum atomic E-state index is 0. The van der Waals surface area contributed by atoms with E-state index in [9.17, 15) is 0 Å². The molecule has 23 heavy (non-hydrogen) atoms. The Kier molecular flexibility index (Phi) is 9.66. The third-order valence-electron chi connectivity index (χ3n) is 3.45. The molecule has 0 bridgehead atoms. The van der Waals surface area contributed by atoms with Gasteiger partial charge >= 0.3 is 0 Å². The molecule has 0 aromatic heterocycles. The van der Waals surface area contributed by atoms with Gasteiger partial charge in [-0.05, 0) is 44.0 Å². The van der Waals surface area contributed by atoms with Gasteiger partial charge in [0.25, 0.3) is 0 Å². The lowest BCUT2D eigenvalue weighted by Gasteiger charge is -2.19. The Morgan fingerprint density at radius 3 is 2.74 bits per heavy atom. The van der Waals surface area contributed by atoms with Gasteiger partial charge in [0.2, 0.25) is 0 Å². The summed E-state index contributed by atoms with van der Waals surface area (Å²) in [5, 5.41) is 7.24. The monoisotopic (exact) mass is 453 g/mol. The van der Waals surface area contributed by atoms with E-state index in [0.717, 1.165) is 37.7 Å². The van der Waals surface area contributed by atoms with Gasteiger partial charge in [-0.25, -0.2) is 0 Å². The number of nitrogens with one attached hydrogen (secondary N) is 2. The molecule has 0 amide bonds. The first-order valence-corrected chi connectivity index (χ1v) is 8.03. The SMILES string of the molecule is CN=C(NCC(C)Oc1ccc(Cl)cc1)NCC1CCCO1.I. The molecule has 1 aliphatic rings. The molecule has 130 valence electrons. The summed E-state index contributed by atoms with van der Waals surface area (Å²) in [6.45, 7) is 4.32. The maximum atomic E-state index is 5.86. The van der Waals surface area contributed by atoms with Crippen molar-refractivity contribution in [2.45, 2.75) is 32.0 Å². The molecule has 1 aliphatic heterocycles. The highest BCUT2D eigenvalue weighted by atomic mass is 127. The van der Waals surface area contributed by atoms with Crippen molar-refractivity contribution in [3.63, 3.8) is 0 Å². The molecule has 1 saturated heterocycles. The van der Waals surface area contributed by atoms with Crippen molar-refractivity contribution in [2.75, 3.05) is 26.7 Å². The van der Waals surface area contributed by atoms with E-state index in [1.807, 2.05) is 31.2 Å². The topological polar surface area (TPSA) is 54.9 Å². The van der Waals surface area contributed by atoms with E-state index in [1.54, 1.807) is 7.05 Å². The summed E-state index contributed by atoms with van der Waals surface area (Å²) in [4.78, 5) is 4.21. The van der Waals surface area contributed by atoms with Crippen LogP contribution in [0.1, 0.15) is 19.8 Å². The van der Waals surface area contributed by atoms with Crippen LogP contribution in [-0.4, -0.2) is 44.9 Å². The second kappa shape index (κ2) is 10.9. The summed E-state index contributed by atoms with van der Waals surface area (Å²) in [6.07, 6.45) is 2.56. The molecule has 5 nitrogen and oxygen atoms in total. The second-order valence-corrected chi connectivity index (χ2v) is 5.79. The van der Waals surface area contributed by atoms with Gasteiger partial charge in [-0.2, -0.15) is 0 Å². The summed E-state index contributed by atoms with van der Waals surface area (Å²) in [7, 11) is 1.76. The van der Waals surface area contributed by atoms with Crippen LogP contribution in [0.5, 0.6) is 5.75 Å². The highest BCUT2D eigenvalue weighted by Gasteiger charge is 2.15. The van der Waals surface area contributed by atoms with Gasteiger partial charge in [0.05, 0.1) is 12.6 Å². The molecule has 0 spiro atoms. The van der Waals surface area contributed by atoms with Crippen LogP contribution in [-0.2, 0) is 4.74 Å². The number of halogens is 2. The molecular weight excluding hydrogens is 429 g/mol. The van der Waals surface area contributed by atoms with E-state index in [1.165, 1.54) is 0 Å². The largest absolute Gasteiger partial charge is 0.489 e. The summed E-state index contributed by atoms with van der Waals surface area (Å²) >= 11 is 5.86. The van der Waals surface area contributed by atoms with Crippen LogP contribution in [0, 0.1) is 0 Å². The van der Waals surface area contributed by atoms with Gasteiger partial charge in [-0.3, -0.25) is 4.99 Å². The summed E-state index contributed by atoms with van der Waals surface area (Å²) in [6, 6.07) is 7.37. The zero-order valence-electron chi connectivity index (χ0n) is 13.5. The molecule has 2 atom stereocenters. The standard InChI is InChI=1S/C16H24ClN3O2.HI/c1-12(22-14-7-5-13(17)6-8-14)10-19-16(18-2)20-11-15-4-3-9-21-15;/h5-8,12,15H,3-4,9-11H2,1-2H3,(H2,18,19,20);1H. The molecule has 7 heteroatoms. The van der Waals surface area contributed by atoms with Crippen molar-refractivity contribution >= 4 is 41.5 Å². The fourth-order valence-electron chi connectivity index (χ4n) is 2.26. The van der Waals surface area contributed by atoms with Crippen molar-refractivity contribution in [3.05, 3.63) is 29.3 Å². The number of hydrogen-bond acceptors (Lipinski definition) is 3. The first kappa shape index (κ1) is 20.3. The van der Waals surface area contributed by atoms with Crippen molar-refractivity contribution in [1.29, 1.82) is 0 Å². The Morgan fingerprint density at radius 1 is 1.39 bits per heavy atom. The van der Waals surface area contributed by atoms with Crippen LogP contribution in [0.2, 0.25) is 5.02 Å². The number of rotatable bonds is 6. The molecule has 1 aromatic rings. The lowest BCUT2D eigenvalue weighted by molar-refractivity contribution is 0.113. The molecule has 2 rings (SSSR count). The molecule has 0 radical (unpaired) electrons. The first-order valence-electron chi connectivity index (χ1n) is 7.65. The van der Waals surface area contributed by atoms with E-state index < -0.39 is 0 Å². The van der Waals surface area contributed by atoms with Crippen molar-refractivity contribution in [2.24, 2.45) is 4.99 Å². The average Bonchev–Trinajstić information content (AvgIpc) is 3.03. The number of guanidine groups is 1. The number of hydrogen-bond donors (Lipinski definition) is 2. The van der Waals surface area contributed by atoms with E-state index in [-0.39, 0.29) is 30.1 Å². The summed E-state index contributed by atoms with van der Waals surface area (Å²) < 4.78 is 11.4. The molecule has 2 N–H and O–H groups in total. The maximum Gasteiger partial charge on any atom is 0.191 e. The molecule has 1 fully saturated rings. The zero-order chi connectivity index (χ0) is 15.8. The second-order valence-electron chi connectivity index (χ2n) is 5.35. The summed E-state index contributed by atoms with van der Waals surface area (Å²) in [5.74, 6) is 1.57. The van der Waals surface area contributed by atoms with Crippen LogP contribution in [0.3, 0.4) is 0 Å². The minimum absolute atomic E-state index is 0. The molecule has 1 heterocycles. The molecule has 2 unspecified atom stereocenters. The van der Waals surface area contributed by atoms with Gasteiger partial charge in [0.15, 0.2) is 5.96 Å². The fourth-order valence-corrected chi connectivity index (χ4v) is 2.39. The van der Waals surface area contributed by atoms with Crippen LogP contribution in [0.4, 0.5) is 0 Å². The minimum Gasteiger partial charge on any atom is -0.489 e. The lowest BCUT2D eigenvalue weighted by Crippen LogP contribution is -2.44. The third kappa shape index (κ3) is 7.58. The van der Waals surface area contributed by atoms with Gasteiger partial charge in [-0.1, -0.05) is 11.6 Å². The molecule has 0 aliphatic carbocycles. The Morgan fingerprint density at radius 2 is 2.13 bits per heavy atom. The van der Waals surface area contributed by atoms with Crippen LogP contribution >= 0.6 is 35.6 Å². The third-order valence-corrected chi connectivity index (χ3v) is 3.70. The highest BCUT2D eigenvalue weighted by Crippen LogP contribution is 2.16. The Labute approximate surface area is 160 Å². The first-order chi connectivity index (χ1) is 10.7. The fraction of sp³-hybridized carbons (Fsp3) is 0.562. The summed E-state index contributed by atoms with van der Waals surface area (Å²) in [5.41, 5.74) is 0. The smallest absolute Gasteiger partial charge is 0.191 e. The number of aliphatic imine (C=N–C) groups is 1. The normalized spacial score (nSPS) is 18.9. The van der Waals surface area contributed by atoms with E-state index in [2.05, 4.69) is 15.6 Å². The van der Waals surface area contributed by atoms with E-state index in [4.69, 9.17) is 21.1 Å². The predicted molar refractivity (Wildman–Crippen MR) is 105 cm³/mol. The molecular formula is C16H25ClIN3O2. The Bertz CT molecular complexity index is 479. The van der Waals surface area contributed by atoms with Crippen molar-refractivity contribution in [3.8, 4) is 5.75 Å². The Balaban J connectivity index is 0.00000264. The number of benzene rings is 1. The van der Waals surface area contributed by atoms with Gasteiger partial charge < -0.3 is 20.1 Å².